The molecule has 0 spiro atoms. The first-order chi connectivity index (χ1) is 7.65. The van der Waals surface area contributed by atoms with Crippen molar-refractivity contribution in [3.8, 4) is 0 Å². The third-order valence-corrected chi connectivity index (χ3v) is 2.53. The Bertz CT molecular complexity index is 380. The zero-order valence-electron chi connectivity index (χ0n) is 8.87. The largest absolute Gasteiger partial charge is 0.466 e. The average Bonchev–Trinajstić information content (AvgIpc) is 2.23. The molecule has 1 aromatic rings. The number of benzene rings is 1. The molecular weight excluding hydrogens is 247 g/mol. The second kappa shape index (κ2) is 6.56. The van der Waals surface area contributed by atoms with E-state index in [0.29, 0.717) is 16.7 Å². The minimum atomic E-state index is -0.262. The van der Waals surface area contributed by atoms with E-state index in [0.717, 1.165) is 5.56 Å². The molecule has 0 bridgehead atoms. The number of hydrogen-bond acceptors (Lipinski definition) is 2. The minimum absolute atomic E-state index is 0.218. The van der Waals surface area contributed by atoms with Crippen molar-refractivity contribution in [2.24, 2.45) is 0 Å². The molecule has 0 aliphatic rings. The van der Waals surface area contributed by atoms with E-state index >= 15 is 0 Å². The monoisotopic (exact) mass is 258 g/mol. The molecule has 0 aliphatic carbocycles. The second-order valence-electron chi connectivity index (χ2n) is 3.05. The van der Waals surface area contributed by atoms with Gasteiger partial charge in [-0.25, -0.2) is 0 Å². The number of carbonyl (C=O) groups excluding carboxylic acids is 1. The number of rotatable bonds is 4. The highest BCUT2D eigenvalue weighted by Gasteiger charge is 2.02. The number of hydrogen-bond donors (Lipinski definition) is 0. The molecule has 0 amide bonds. The smallest absolute Gasteiger partial charge is 0.309 e. The summed E-state index contributed by atoms with van der Waals surface area (Å²) in [7, 11) is 0. The Kier molecular flexibility index (Phi) is 5.36. The van der Waals surface area contributed by atoms with Crippen LogP contribution < -0.4 is 0 Å². The molecule has 0 aromatic heterocycles. The van der Waals surface area contributed by atoms with Crippen LogP contribution >= 0.6 is 23.2 Å². The molecule has 0 saturated heterocycles. The zero-order valence-corrected chi connectivity index (χ0v) is 10.4. The number of ether oxygens (including phenoxy) is 1. The highest BCUT2D eigenvalue weighted by atomic mass is 35.5. The van der Waals surface area contributed by atoms with Crippen LogP contribution in [0.2, 0.25) is 10.0 Å². The van der Waals surface area contributed by atoms with E-state index in [9.17, 15) is 4.79 Å². The maximum absolute atomic E-state index is 11.1. The molecule has 0 saturated carbocycles. The average molecular weight is 259 g/mol. The summed E-state index contributed by atoms with van der Waals surface area (Å²) in [6.45, 7) is 2.16. The van der Waals surface area contributed by atoms with E-state index in [1.54, 1.807) is 37.3 Å². The van der Waals surface area contributed by atoms with Gasteiger partial charge in [-0.15, -0.1) is 0 Å². The van der Waals surface area contributed by atoms with Crippen LogP contribution in [0.15, 0.2) is 24.3 Å². The lowest BCUT2D eigenvalue weighted by molar-refractivity contribution is -0.142. The third-order valence-electron chi connectivity index (χ3n) is 1.87. The molecule has 16 heavy (non-hydrogen) atoms. The van der Waals surface area contributed by atoms with Crippen molar-refractivity contribution in [3.05, 3.63) is 39.9 Å². The van der Waals surface area contributed by atoms with Crippen LogP contribution in [-0.2, 0) is 9.53 Å². The predicted molar refractivity (Wildman–Crippen MR) is 66.7 cm³/mol. The van der Waals surface area contributed by atoms with Gasteiger partial charge in [-0.05, 0) is 19.1 Å². The molecule has 86 valence electrons. The van der Waals surface area contributed by atoms with Crippen molar-refractivity contribution >= 4 is 35.2 Å². The Balaban J connectivity index is 2.66. The fraction of sp³-hybridized carbons (Fsp3) is 0.250. The summed E-state index contributed by atoms with van der Waals surface area (Å²) in [5.41, 5.74) is 0.718. The highest BCUT2D eigenvalue weighted by molar-refractivity contribution is 6.37. The lowest BCUT2D eigenvalue weighted by Gasteiger charge is -2.01. The molecule has 0 unspecified atom stereocenters. The van der Waals surface area contributed by atoms with Crippen LogP contribution in [0.4, 0.5) is 0 Å². The summed E-state index contributed by atoms with van der Waals surface area (Å²) in [4.78, 5) is 11.1. The van der Waals surface area contributed by atoms with Crippen molar-refractivity contribution in [3.63, 3.8) is 0 Å². The van der Waals surface area contributed by atoms with E-state index < -0.39 is 0 Å². The molecule has 1 aromatic carbocycles. The van der Waals surface area contributed by atoms with Gasteiger partial charge in [0.1, 0.15) is 0 Å². The Morgan fingerprint density at radius 1 is 1.38 bits per heavy atom. The lowest BCUT2D eigenvalue weighted by atomic mass is 10.2. The standard InChI is InChI=1S/C12H12Cl2O2/c1-2-16-12(15)8-3-5-9-10(13)6-4-7-11(9)14/h3-7H,2,8H2,1H3. The van der Waals surface area contributed by atoms with Crippen molar-refractivity contribution in [2.45, 2.75) is 13.3 Å². The maximum atomic E-state index is 11.1. The van der Waals surface area contributed by atoms with Gasteiger partial charge in [-0.1, -0.05) is 41.4 Å². The Labute approximate surface area is 105 Å². The molecule has 2 nitrogen and oxygen atoms in total. The van der Waals surface area contributed by atoms with Crippen LogP contribution in [0.1, 0.15) is 18.9 Å². The van der Waals surface area contributed by atoms with Gasteiger partial charge in [-0.3, -0.25) is 4.79 Å². The zero-order chi connectivity index (χ0) is 12.0. The third kappa shape index (κ3) is 3.87. The summed E-state index contributed by atoms with van der Waals surface area (Å²) >= 11 is 11.9. The van der Waals surface area contributed by atoms with E-state index in [1.807, 2.05) is 0 Å². The van der Waals surface area contributed by atoms with E-state index in [2.05, 4.69) is 0 Å². The summed E-state index contributed by atoms with van der Waals surface area (Å²) in [6.07, 6.45) is 3.63. The maximum Gasteiger partial charge on any atom is 0.309 e. The molecular formula is C12H12Cl2O2. The molecule has 0 N–H and O–H groups in total. The summed E-state index contributed by atoms with van der Waals surface area (Å²) in [6, 6.07) is 5.27. The molecule has 4 heteroatoms. The van der Waals surface area contributed by atoms with Gasteiger partial charge >= 0.3 is 5.97 Å². The van der Waals surface area contributed by atoms with E-state index in [1.165, 1.54) is 0 Å². The SMILES string of the molecule is CCOC(=O)CC=Cc1c(Cl)cccc1Cl. The van der Waals surface area contributed by atoms with Crippen molar-refractivity contribution in [2.75, 3.05) is 6.61 Å². The summed E-state index contributed by atoms with van der Waals surface area (Å²) in [5, 5.41) is 1.13. The van der Waals surface area contributed by atoms with Gasteiger partial charge in [0, 0.05) is 15.6 Å². The Morgan fingerprint density at radius 2 is 2.00 bits per heavy atom. The fourth-order valence-electron chi connectivity index (χ4n) is 1.16. The highest BCUT2D eigenvalue weighted by Crippen LogP contribution is 2.25. The van der Waals surface area contributed by atoms with Gasteiger partial charge in [0.05, 0.1) is 13.0 Å². The van der Waals surface area contributed by atoms with Crippen molar-refractivity contribution in [1.82, 2.24) is 0 Å². The van der Waals surface area contributed by atoms with Crippen molar-refractivity contribution < 1.29 is 9.53 Å². The van der Waals surface area contributed by atoms with Gasteiger partial charge in [0.25, 0.3) is 0 Å². The molecule has 0 atom stereocenters. The van der Waals surface area contributed by atoms with E-state index in [-0.39, 0.29) is 12.4 Å². The van der Waals surface area contributed by atoms with Gasteiger partial charge in [0.15, 0.2) is 0 Å². The Hall–Kier alpha value is -0.990. The molecule has 0 fully saturated rings. The predicted octanol–water partition coefficient (Wildman–Crippen LogP) is 3.96. The number of carbonyl (C=O) groups is 1. The fourth-order valence-corrected chi connectivity index (χ4v) is 1.69. The first-order valence-corrected chi connectivity index (χ1v) is 5.67. The lowest BCUT2D eigenvalue weighted by Crippen LogP contribution is -2.01. The van der Waals surface area contributed by atoms with Crippen LogP contribution in [-0.4, -0.2) is 12.6 Å². The van der Waals surface area contributed by atoms with Crippen LogP contribution in [0.3, 0.4) is 0 Å². The van der Waals surface area contributed by atoms with Gasteiger partial charge < -0.3 is 4.74 Å². The minimum Gasteiger partial charge on any atom is -0.466 e. The number of esters is 1. The van der Waals surface area contributed by atoms with Crippen LogP contribution in [0.25, 0.3) is 6.08 Å². The van der Waals surface area contributed by atoms with Gasteiger partial charge in [-0.2, -0.15) is 0 Å². The quantitative estimate of drug-likeness (QED) is 0.765. The normalized spacial score (nSPS) is 10.7. The van der Waals surface area contributed by atoms with Gasteiger partial charge in [0.2, 0.25) is 0 Å². The van der Waals surface area contributed by atoms with Crippen LogP contribution in [0.5, 0.6) is 0 Å². The molecule has 0 radical (unpaired) electrons. The molecule has 0 aliphatic heterocycles. The molecule has 1 rings (SSSR count). The number of halogens is 2. The summed E-state index contributed by atoms with van der Waals surface area (Å²) in [5.74, 6) is -0.262. The first-order valence-electron chi connectivity index (χ1n) is 4.91. The second-order valence-corrected chi connectivity index (χ2v) is 3.86. The van der Waals surface area contributed by atoms with E-state index in [4.69, 9.17) is 27.9 Å². The topological polar surface area (TPSA) is 26.3 Å². The first kappa shape index (κ1) is 13.1. The summed E-state index contributed by atoms with van der Waals surface area (Å²) < 4.78 is 4.78. The molecule has 0 heterocycles. The Morgan fingerprint density at radius 3 is 2.56 bits per heavy atom. The van der Waals surface area contributed by atoms with Crippen molar-refractivity contribution in [1.29, 1.82) is 0 Å². The van der Waals surface area contributed by atoms with Crippen LogP contribution in [0, 0.1) is 0 Å².